The van der Waals surface area contributed by atoms with Crippen molar-refractivity contribution in [3.63, 3.8) is 0 Å². The van der Waals surface area contributed by atoms with Gasteiger partial charge in [0.25, 0.3) is 0 Å². The summed E-state index contributed by atoms with van der Waals surface area (Å²) in [7, 11) is 0. The van der Waals surface area contributed by atoms with E-state index in [1.165, 1.54) is 17.5 Å². The van der Waals surface area contributed by atoms with Gasteiger partial charge in [0.05, 0.1) is 6.04 Å². The minimum atomic E-state index is 0.341. The summed E-state index contributed by atoms with van der Waals surface area (Å²) >= 11 is 0. The van der Waals surface area contributed by atoms with Crippen molar-refractivity contribution in [3.8, 4) is 0 Å². The van der Waals surface area contributed by atoms with E-state index in [0.29, 0.717) is 12.0 Å². The van der Waals surface area contributed by atoms with Crippen LogP contribution in [0.15, 0.2) is 36.7 Å². The highest BCUT2D eigenvalue weighted by Crippen LogP contribution is 2.40. The zero-order chi connectivity index (χ0) is 13.1. The summed E-state index contributed by atoms with van der Waals surface area (Å²) in [5, 5.41) is 3.61. The summed E-state index contributed by atoms with van der Waals surface area (Å²) in [6.45, 7) is 3.24. The molecule has 1 aromatic heterocycles. The van der Waals surface area contributed by atoms with Gasteiger partial charge in [-0.2, -0.15) is 0 Å². The number of benzene rings is 1. The second-order valence-corrected chi connectivity index (χ2v) is 5.32. The number of H-pyrrole nitrogens is 1. The second kappa shape index (κ2) is 5.57. The van der Waals surface area contributed by atoms with Gasteiger partial charge in [0.15, 0.2) is 0 Å². The molecule has 2 unspecified atom stereocenters. The zero-order valence-corrected chi connectivity index (χ0v) is 11.4. The van der Waals surface area contributed by atoms with Gasteiger partial charge in [-0.25, -0.2) is 4.98 Å². The molecule has 2 atom stereocenters. The summed E-state index contributed by atoms with van der Waals surface area (Å²) < 4.78 is 0. The van der Waals surface area contributed by atoms with Crippen LogP contribution in [0.25, 0.3) is 0 Å². The summed E-state index contributed by atoms with van der Waals surface area (Å²) in [6.07, 6.45) is 7.24. The van der Waals surface area contributed by atoms with Crippen LogP contribution in [0, 0.1) is 0 Å². The third-order valence-electron chi connectivity index (χ3n) is 3.97. The average Bonchev–Trinajstić information content (AvgIpc) is 2.93. The predicted octanol–water partition coefficient (Wildman–Crippen LogP) is 3.18. The molecule has 3 nitrogen and oxygen atoms in total. The molecule has 1 aliphatic carbocycles. The van der Waals surface area contributed by atoms with Gasteiger partial charge < -0.3 is 10.3 Å². The maximum absolute atomic E-state index is 4.42. The van der Waals surface area contributed by atoms with E-state index in [1.807, 2.05) is 12.4 Å². The fourth-order valence-electron chi connectivity index (χ4n) is 2.94. The highest BCUT2D eigenvalue weighted by atomic mass is 15.0. The van der Waals surface area contributed by atoms with Crippen LogP contribution in [-0.2, 0) is 6.42 Å². The highest BCUT2D eigenvalue weighted by molar-refractivity contribution is 5.40. The number of nitrogens with zero attached hydrogens (tertiary/aromatic N) is 1. The topological polar surface area (TPSA) is 40.7 Å². The summed E-state index contributed by atoms with van der Waals surface area (Å²) in [6, 6.07) is 9.13. The Morgan fingerprint density at radius 1 is 1.42 bits per heavy atom. The lowest BCUT2D eigenvalue weighted by Crippen LogP contribution is -2.28. The number of hydrogen-bond donors (Lipinski definition) is 2. The minimum Gasteiger partial charge on any atom is -0.347 e. The van der Waals surface area contributed by atoms with Crippen molar-refractivity contribution in [1.82, 2.24) is 15.3 Å². The van der Waals surface area contributed by atoms with E-state index in [1.54, 1.807) is 0 Å². The van der Waals surface area contributed by atoms with E-state index in [9.17, 15) is 0 Å². The van der Waals surface area contributed by atoms with E-state index in [4.69, 9.17) is 0 Å². The lowest BCUT2D eigenvalue weighted by molar-refractivity contribution is 0.415. The maximum atomic E-state index is 4.42. The molecule has 2 N–H and O–H groups in total. The molecular formula is C16H21N3. The molecule has 1 aliphatic rings. The molecule has 0 bridgehead atoms. The number of rotatable bonds is 6. The Morgan fingerprint density at radius 3 is 3.05 bits per heavy atom. The van der Waals surface area contributed by atoms with Gasteiger partial charge in [0.1, 0.15) is 5.82 Å². The van der Waals surface area contributed by atoms with Gasteiger partial charge in [0, 0.05) is 12.4 Å². The van der Waals surface area contributed by atoms with E-state index in [2.05, 4.69) is 46.5 Å². The zero-order valence-electron chi connectivity index (χ0n) is 11.4. The Bertz CT molecular complexity index is 519. The van der Waals surface area contributed by atoms with Crippen LogP contribution in [0.1, 0.15) is 48.7 Å². The normalized spacial score (nSPS) is 18.7. The standard InChI is InChI=1S/C16H21N3/c1-2-7-17-15(16-18-8-9-19-16)11-13-10-12-5-3-4-6-14(12)13/h3-6,8-9,13,15,17H,2,7,10-11H2,1H3,(H,18,19). The molecule has 1 heterocycles. The molecule has 0 aliphatic heterocycles. The third kappa shape index (κ3) is 2.56. The van der Waals surface area contributed by atoms with Crippen LogP contribution in [0.5, 0.6) is 0 Å². The first-order valence-electron chi connectivity index (χ1n) is 7.19. The molecule has 19 heavy (non-hydrogen) atoms. The van der Waals surface area contributed by atoms with E-state index < -0.39 is 0 Å². The SMILES string of the molecule is CCCNC(CC1Cc2ccccc21)c1ncc[nH]1. The fraction of sp³-hybridized carbons (Fsp3) is 0.438. The Kier molecular flexibility index (Phi) is 3.65. The number of hydrogen-bond acceptors (Lipinski definition) is 2. The number of aromatic nitrogens is 2. The Morgan fingerprint density at radius 2 is 2.32 bits per heavy atom. The summed E-state index contributed by atoms with van der Waals surface area (Å²) in [5.41, 5.74) is 3.04. The van der Waals surface area contributed by atoms with Crippen LogP contribution >= 0.6 is 0 Å². The summed E-state index contributed by atoms with van der Waals surface area (Å²) in [5.74, 6) is 1.74. The van der Waals surface area contributed by atoms with Crippen molar-refractivity contribution >= 4 is 0 Å². The lowest BCUT2D eigenvalue weighted by Gasteiger charge is -2.32. The van der Waals surface area contributed by atoms with Crippen LogP contribution in [0.4, 0.5) is 0 Å². The monoisotopic (exact) mass is 255 g/mol. The molecule has 3 rings (SSSR count). The molecular weight excluding hydrogens is 234 g/mol. The molecule has 0 spiro atoms. The van der Waals surface area contributed by atoms with Gasteiger partial charge in [-0.15, -0.1) is 0 Å². The molecule has 0 saturated heterocycles. The fourth-order valence-corrected chi connectivity index (χ4v) is 2.94. The smallest absolute Gasteiger partial charge is 0.123 e. The lowest BCUT2D eigenvalue weighted by atomic mass is 9.74. The van der Waals surface area contributed by atoms with Crippen LogP contribution < -0.4 is 5.32 Å². The van der Waals surface area contributed by atoms with Crippen molar-refractivity contribution in [2.45, 2.75) is 38.1 Å². The van der Waals surface area contributed by atoms with Crippen LogP contribution in [0.2, 0.25) is 0 Å². The Hall–Kier alpha value is -1.61. The van der Waals surface area contributed by atoms with Crippen LogP contribution in [0.3, 0.4) is 0 Å². The van der Waals surface area contributed by atoms with Crippen molar-refractivity contribution in [2.75, 3.05) is 6.54 Å². The molecule has 0 saturated carbocycles. The quantitative estimate of drug-likeness (QED) is 0.832. The van der Waals surface area contributed by atoms with Crippen molar-refractivity contribution in [1.29, 1.82) is 0 Å². The number of imidazole rings is 1. The predicted molar refractivity (Wildman–Crippen MR) is 77.1 cm³/mol. The Balaban J connectivity index is 1.69. The molecule has 0 radical (unpaired) electrons. The number of fused-ring (bicyclic) bond motifs is 1. The average molecular weight is 255 g/mol. The molecule has 0 amide bonds. The number of nitrogens with one attached hydrogen (secondary N) is 2. The first-order chi connectivity index (χ1) is 9.38. The van der Waals surface area contributed by atoms with Gasteiger partial charge in [0.2, 0.25) is 0 Å². The first-order valence-corrected chi connectivity index (χ1v) is 7.19. The second-order valence-electron chi connectivity index (χ2n) is 5.32. The van der Waals surface area contributed by atoms with Gasteiger partial charge >= 0.3 is 0 Å². The van der Waals surface area contributed by atoms with Crippen molar-refractivity contribution in [3.05, 3.63) is 53.6 Å². The first kappa shape index (κ1) is 12.4. The maximum Gasteiger partial charge on any atom is 0.123 e. The number of aromatic amines is 1. The third-order valence-corrected chi connectivity index (χ3v) is 3.97. The van der Waals surface area contributed by atoms with Crippen molar-refractivity contribution < 1.29 is 0 Å². The van der Waals surface area contributed by atoms with Gasteiger partial charge in [-0.1, -0.05) is 31.2 Å². The van der Waals surface area contributed by atoms with E-state index >= 15 is 0 Å². The molecule has 100 valence electrons. The van der Waals surface area contributed by atoms with Crippen LogP contribution in [-0.4, -0.2) is 16.5 Å². The molecule has 2 aromatic rings. The summed E-state index contributed by atoms with van der Waals surface area (Å²) in [4.78, 5) is 7.67. The highest BCUT2D eigenvalue weighted by Gasteiger charge is 2.29. The van der Waals surface area contributed by atoms with E-state index in [-0.39, 0.29) is 0 Å². The Labute approximate surface area is 114 Å². The largest absolute Gasteiger partial charge is 0.347 e. The molecule has 0 fully saturated rings. The molecule has 1 aromatic carbocycles. The minimum absolute atomic E-state index is 0.341. The van der Waals surface area contributed by atoms with Gasteiger partial charge in [-0.05, 0) is 42.9 Å². The van der Waals surface area contributed by atoms with Crippen molar-refractivity contribution in [2.24, 2.45) is 0 Å². The molecule has 3 heteroatoms. The van der Waals surface area contributed by atoms with E-state index in [0.717, 1.165) is 25.2 Å². The van der Waals surface area contributed by atoms with Gasteiger partial charge in [-0.3, -0.25) is 0 Å².